The molecule has 10 rings (SSSR count). The molecular weight excluding hydrogens is 1330 g/mol. The van der Waals surface area contributed by atoms with E-state index >= 15 is 9.59 Å². The number of fused-ring (bicyclic) bond motifs is 8. The van der Waals surface area contributed by atoms with Gasteiger partial charge in [0.2, 0.25) is 0 Å². The first kappa shape index (κ1) is 75.6. The predicted octanol–water partition coefficient (Wildman–Crippen LogP) is 25.4. The van der Waals surface area contributed by atoms with Crippen molar-refractivity contribution in [3.63, 3.8) is 0 Å². The zero-order valence-electron chi connectivity index (χ0n) is 61.1. The molecule has 4 amide bonds. The van der Waals surface area contributed by atoms with Gasteiger partial charge in [0.05, 0.1) is 36.9 Å². The average Bonchev–Trinajstić information content (AvgIpc) is 1.54. The summed E-state index contributed by atoms with van der Waals surface area (Å²) in [5.41, 5.74) is 2.61. The number of aryl methyl sites for hydroxylation is 2. The van der Waals surface area contributed by atoms with E-state index in [9.17, 15) is 9.59 Å². The quantitative estimate of drug-likeness (QED) is 0.0217. The highest BCUT2D eigenvalue weighted by molar-refractivity contribution is 7.35. The SMILES string of the molecule is CCCCCCCCCCN1C(=O)c2c(C)sc(-c3cc4c(s3)-c3sc(-c5sc(-c6cc7c(s6)-c6sc(C)cc6[Si]7(CCCCCCCC)CCCCCCCC)c6c5C(=O)N(CCCCCCCCCC)C6=O)cc3[Si]4(CC(CC)CCCC)CC(CC)CCCC)c2C1=O. The van der Waals surface area contributed by atoms with Crippen LogP contribution in [-0.2, 0) is 0 Å². The Morgan fingerprint density at radius 1 is 0.323 bits per heavy atom. The molecule has 0 aromatic carbocycles. The van der Waals surface area contributed by atoms with E-state index in [0.29, 0.717) is 47.2 Å². The molecule has 0 saturated heterocycles. The molecule has 2 atom stereocenters. The molecule has 96 heavy (non-hydrogen) atoms. The van der Waals surface area contributed by atoms with Crippen LogP contribution >= 0.6 is 68.0 Å². The molecule has 4 aliphatic rings. The molecule has 0 bridgehead atoms. The van der Waals surface area contributed by atoms with E-state index in [4.69, 9.17) is 0 Å². The van der Waals surface area contributed by atoms with Gasteiger partial charge in [-0.05, 0) is 108 Å². The highest BCUT2D eigenvalue weighted by Crippen LogP contribution is 2.56. The van der Waals surface area contributed by atoms with Gasteiger partial charge in [0, 0.05) is 57.0 Å². The lowest BCUT2D eigenvalue weighted by molar-refractivity contribution is 0.0636. The van der Waals surface area contributed by atoms with Crippen LogP contribution < -0.4 is 20.7 Å². The highest BCUT2D eigenvalue weighted by Gasteiger charge is 2.53. The summed E-state index contributed by atoms with van der Waals surface area (Å²) >= 11 is 11.2. The van der Waals surface area contributed by atoms with Crippen LogP contribution in [0.3, 0.4) is 0 Å². The molecule has 6 nitrogen and oxygen atoms in total. The molecule has 14 heteroatoms. The van der Waals surface area contributed by atoms with Crippen molar-refractivity contribution in [3.05, 3.63) is 56.3 Å². The van der Waals surface area contributed by atoms with Crippen LogP contribution in [0.25, 0.3) is 48.8 Å². The molecule has 0 radical (unpaired) electrons. The van der Waals surface area contributed by atoms with Gasteiger partial charge in [0.1, 0.15) is 16.1 Å². The zero-order valence-corrected chi connectivity index (χ0v) is 68.0. The Morgan fingerprint density at radius 2 is 0.635 bits per heavy atom. The van der Waals surface area contributed by atoms with Gasteiger partial charge in [-0.3, -0.25) is 29.0 Å². The van der Waals surface area contributed by atoms with E-state index in [-0.39, 0.29) is 23.6 Å². The van der Waals surface area contributed by atoms with Crippen molar-refractivity contribution in [2.75, 3.05) is 13.1 Å². The Morgan fingerprint density at radius 3 is 1.02 bits per heavy atom. The second-order valence-electron chi connectivity index (χ2n) is 29.8. The number of hydrogen-bond donors (Lipinski definition) is 0. The van der Waals surface area contributed by atoms with Crippen LogP contribution in [0.15, 0.2) is 24.3 Å². The monoisotopic (exact) mass is 1440 g/mol. The number of imide groups is 2. The van der Waals surface area contributed by atoms with Gasteiger partial charge in [0.25, 0.3) is 23.6 Å². The Kier molecular flexibility index (Phi) is 28.5. The van der Waals surface area contributed by atoms with Gasteiger partial charge in [-0.25, -0.2) is 0 Å². The van der Waals surface area contributed by atoms with Gasteiger partial charge in [-0.2, -0.15) is 0 Å². The summed E-state index contributed by atoms with van der Waals surface area (Å²) in [6.07, 6.45) is 43.8. The van der Waals surface area contributed by atoms with Crippen molar-refractivity contribution >= 4 is 129 Å². The number of amides is 4. The third kappa shape index (κ3) is 16.2. The summed E-state index contributed by atoms with van der Waals surface area (Å²) in [5, 5.41) is 6.44. The van der Waals surface area contributed by atoms with Gasteiger partial charge < -0.3 is 0 Å². The van der Waals surface area contributed by atoms with Gasteiger partial charge >= 0.3 is 0 Å². The molecule has 0 N–H and O–H groups in total. The normalized spacial score (nSPS) is 16.6. The van der Waals surface area contributed by atoms with E-state index in [2.05, 4.69) is 93.5 Å². The van der Waals surface area contributed by atoms with Crippen molar-refractivity contribution in [2.45, 2.75) is 325 Å². The molecular formula is C82H120N2O4S6Si2. The van der Waals surface area contributed by atoms with Crippen molar-refractivity contribution in [1.29, 1.82) is 0 Å². The third-order valence-corrected chi connectivity index (χ3v) is 41.8. The van der Waals surface area contributed by atoms with Crippen LogP contribution in [0.4, 0.5) is 0 Å². The fraction of sp³-hybridized carbons (Fsp3) is 0.659. The maximum Gasteiger partial charge on any atom is 0.263 e. The maximum atomic E-state index is 15.7. The standard InChI is InChI=1S/C82H120N2O4S6Si2/c1-11-19-25-29-33-35-37-41-47-83-79(85)68-58(10)90-72(69(68)80(83)86)61-53-66-77(91-61)78-67(96(66,55-59(17-7)45-23-15-5)56-60(18-8)46-24-16-6)54-63(93-78)74-71-70(81(87)84(82(71)88)48-42-38-36-34-30-26-20-12-2)73(94-74)62-52-65-76(92-62)75-64(51-57(9)89-75)95(65,49-43-39-31-27-21-13-3)50-44-40-32-28-22-14-4/h51-54,59-60H,11-50,55-56H2,1-10H3. The van der Waals surface area contributed by atoms with Gasteiger partial charge in [0.15, 0.2) is 0 Å². The molecule has 6 aromatic heterocycles. The molecule has 2 unspecified atom stereocenters. The van der Waals surface area contributed by atoms with E-state index < -0.39 is 16.1 Å². The van der Waals surface area contributed by atoms with Gasteiger partial charge in [-0.15, -0.1) is 68.0 Å². The number of carbonyl (C=O) groups excluding carboxylic acids is 4. The summed E-state index contributed by atoms with van der Waals surface area (Å²) in [5.74, 6) is 0.785. The molecule has 10 heterocycles. The van der Waals surface area contributed by atoms with E-state index in [0.717, 1.165) is 80.6 Å². The molecule has 526 valence electrons. The summed E-state index contributed by atoms with van der Waals surface area (Å²) in [6.45, 7) is 24.1. The second kappa shape index (κ2) is 36.2. The number of thiophene rings is 6. The maximum absolute atomic E-state index is 15.7. The zero-order chi connectivity index (χ0) is 67.9. The molecule has 0 aliphatic carbocycles. The largest absolute Gasteiger partial charge is 0.274 e. The first-order chi connectivity index (χ1) is 46.8. The lowest BCUT2D eigenvalue weighted by atomic mass is 10.0. The minimum atomic E-state index is -2.61. The predicted molar refractivity (Wildman–Crippen MR) is 429 cm³/mol. The molecule has 0 spiro atoms. The molecule has 6 aromatic rings. The lowest BCUT2D eigenvalue weighted by Gasteiger charge is -2.35. The highest BCUT2D eigenvalue weighted by atomic mass is 32.1. The van der Waals surface area contributed by atoms with Crippen LogP contribution in [0.1, 0.15) is 338 Å². The Hall–Kier alpha value is -3.09. The Balaban J connectivity index is 1.09. The summed E-state index contributed by atoms with van der Waals surface area (Å²) in [6, 6.07) is 15.4. The van der Waals surface area contributed by atoms with Crippen molar-refractivity contribution < 1.29 is 19.2 Å². The van der Waals surface area contributed by atoms with Crippen molar-refractivity contribution in [1.82, 2.24) is 9.80 Å². The van der Waals surface area contributed by atoms with E-state index in [1.807, 2.05) is 45.3 Å². The Bertz CT molecular complexity index is 3520. The number of carbonyl (C=O) groups is 4. The van der Waals surface area contributed by atoms with Gasteiger partial charge in [-0.1, -0.05) is 274 Å². The first-order valence-electron chi connectivity index (χ1n) is 39.4. The molecule has 0 saturated carbocycles. The number of unbranched alkanes of at least 4 members (excludes halogenated alkanes) is 26. The fourth-order valence-electron chi connectivity index (χ4n) is 17.2. The number of rotatable bonds is 47. The van der Waals surface area contributed by atoms with E-state index in [1.54, 1.807) is 53.2 Å². The first-order valence-corrected chi connectivity index (χ1v) is 49.1. The van der Waals surface area contributed by atoms with Crippen molar-refractivity contribution in [3.8, 4) is 48.8 Å². The third-order valence-electron chi connectivity index (χ3n) is 22.8. The molecule has 0 fully saturated rings. The second-order valence-corrected chi connectivity index (χ2v) is 44.8. The van der Waals surface area contributed by atoms with Crippen molar-refractivity contribution in [2.24, 2.45) is 11.8 Å². The minimum Gasteiger partial charge on any atom is -0.274 e. The van der Waals surface area contributed by atoms with Crippen LogP contribution in [0.5, 0.6) is 0 Å². The smallest absolute Gasteiger partial charge is 0.263 e. The fourth-order valence-corrected chi connectivity index (χ4v) is 39.7. The Labute approximate surface area is 607 Å². The number of nitrogens with zero attached hydrogens (tertiary/aromatic N) is 2. The van der Waals surface area contributed by atoms with E-state index in [1.165, 1.54) is 233 Å². The van der Waals surface area contributed by atoms with Crippen LogP contribution in [0, 0.1) is 25.7 Å². The topological polar surface area (TPSA) is 74.8 Å². The van der Waals surface area contributed by atoms with Crippen LogP contribution in [0.2, 0.25) is 24.2 Å². The summed E-state index contributed by atoms with van der Waals surface area (Å²) in [4.78, 5) is 78.6. The molecule has 4 aliphatic heterocycles. The average molecular weight is 1450 g/mol. The van der Waals surface area contributed by atoms with Crippen LogP contribution in [-0.4, -0.2) is 62.7 Å². The lowest BCUT2D eigenvalue weighted by Crippen LogP contribution is -2.56. The minimum absolute atomic E-state index is 0.0797. The summed E-state index contributed by atoms with van der Waals surface area (Å²) in [7, 11) is -4.79. The summed E-state index contributed by atoms with van der Waals surface area (Å²) < 4.78 is 0. The number of hydrogen-bond acceptors (Lipinski definition) is 10.